The normalized spacial score (nSPS) is 18.7. The molecule has 2 atom stereocenters. The SMILES string of the molecule is N=C(N)c1ccc(-c2ccc(OC[C@@H]3C[C@@H](CC(=O)O)C(=O)N3)cc2)nn1. The Morgan fingerprint density at radius 1 is 1.26 bits per heavy atom. The second kappa shape index (κ2) is 7.81. The summed E-state index contributed by atoms with van der Waals surface area (Å²) >= 11 is 0. The number of hydrogen-bond acceptors (Lipinski definition) is 6. The summed E-state index contributed by atoms with van der Waals surface area (Å²) in [5.41, 5.74) is 7.15. The number of carbonyl (C=O) groups excluding carboxylic acids is 1. The average molecular weight is 369 g/mol. The Kier molecular flexibility index (Phi) is 5.30. The lowest BCUT2D eigenvalue weighted by Crippen LogP contribution is -2.31. The van der Waals surface area contributed by atoms with E-state index in [2.05, 4.69) is 15.5 Å². The highest BCUT2D eigenvalue weighted by Gasteiger charge is 2.33. The quantitative estimate of drug-likeness (QED) is 0.416. The van der Waals surface area contributed by atoms with Gasteiger partial charge in [-0.05, 0) is 42.8 Å². The third kappa shape index (κ3) is 4.57. The van der Waals surface area contributed by atoms with Crippen molar-refractivity contribution >= 4 is 17.7 Å². The number of amidine groups is 1. The maximum atomic E-state index is 11.7. The van der Waals surface area contributed by atoms with E-state index in [-0.39, 0.29) is 30.8 Å². The molecule has 9 nitrogen and oxygen atoms in total. The zero-order valence-corrected chi connectivity index (χ0v) is 14.4. The number of nitrogens with two attached hydrogens (primary N) is 1. The minimum atomic E-state index is -0.980. The number of nitrogens with zero attached hydrogens (tertiary/aromatic N) is 2. The first-order valence-corrected chi connectivity index (χ1v) is 8.36. The third-order valence-corrected chi connectivity index (χ3v) is 4.25. The Bertz CT molecular complexity index is 851. The van der Waals surface area contributed by atoms with Crippen molar-refractivity contribution < 1.29 is 19.4 Å². The summed E-state index contributed by atoms with van der Waals surface area (Å²) in [7, 11) is 0. The molecule has 9 heteroatoms. The first-order chi connectivity index (χ1) is 12.9. The molecular weight excluding hydrogens is 350 g/mol. The van der Waals surface area contributed by atoms with Crippen LogP contribution in [0.25, 0.3) is 11.3 Å². The standard InChI is InChI=1S/C18H19N5O4/c19-17(20)15-6-5-14(22-23-15)10-1-3-13(4-2-10)27-9-12-7-11(8-16(24)25)18(26)21-12/h1-6,11-12H,7-9H2,(H3,19,20)(H,21,26)(H,24,25)/t11-,12-/m0/s1. The molecule has 2 heterocycles. The summed E-state index contributed by atoms with van der Waals surface area (Å²) in [5, 5.41) is 26.8. The number of nitrogens with one attached hydrogen (secondary N) is 2. The molecule has 0 radical (unpaired) electrons. The topological polar surface area (TPSA) is 151 Å². The van der Waals surface area contributed by atoms with Gasteiger partial charge >= 0.3 is 5.97 Å². The number of aromatic nitrogens is 2. The minimum absolute atomic E-state index is 0.137. The van der Waals surface area contributed by atoms with Crippen LogP contribution in [0.2, 0.25) is 0 Å². The van der Waals surface area contributed by atoms with Crippen LogP contribution in [0.4, 0.5) is 0 Å². The van der Waals surface area contributed by atoms with Gasteiger partial charge in [0.25, 0.3) is 0 Å². The van der Waals surface area contributed by atoms with Crippen molar-refractivity contribution in [2.75, 3.05) is 6.61 Å². The predicted octanol–water partition coefficient (Wildman–Crippen LogP) is 0.786. The van der Waals surface area contributed by atoms with Crippen LogP contribution in [0.1, 0.15) is 18.5 Å². The number of carboxylic acid groups (broad SMARTS) is 1. The van der Waals surface area contributed by atoms with Gasteiger partial charge in [0.2, 0.25) is 5.91 Å². The summed E-state index contributed by atoms with van der Waals surface area (Å²) in [6.07, 6.45) is 0.280. The molecule has 1 aromatic heterocycles. The maximum absolute atomic E-state index is 11.7. The smallest absolute Gasteiger partial charge is 0.304 e. The molecule has 27 heavy (non-hydrogen) atoms. The molecule has 1 aliphatic rings. The lowest BCUT2D eigenvalue weighted by Gasteiger charge is -2.12. The van der Waals surface area contributed by atoms with E-state index >= 15 is 0 Å². The van der Waals surface area contributed by atoms with Crippen LogP contribution >= 0.6 is 0 Å². The average Bonchev–Trinajstić information content (AvgIpc) is 2.99. The summed E-state index contributed by atoms with van der Waals surface area (Å²) in [6, 6.07) is 10.4. The van der Waals surface area contributed by atoms with Crippen LogP contribution in [0.5, 0.6) is 5.75 Å². The summed E-state index contributed by atoms with van der Waals surface area (Å²) in [5.74, 6) is -1.24. The van der Waals surface area contributed by atoms with Crippen molar-refractivity contribution in [2.45, 2.75) is 18.9 Å². The highest BCUT2D eigenvalue weighted by Crippen LogP contribution is 2.23. The van der Waals surface area contributed by atoms with Crippen molar-refractivity contribution in [1.82, 2.24) is 15.5 Å². The Morgan fingerprint density at radius 2 is 2.00 bits per heavy atom. The molecule has 0 spiro atoms. The highest BCUT2D eigenvalue weighted by atomic mass is 16.5. The van der Waals surface area contributed by atoms with E-state index in [1.165, 1.54) is 0 Å². The summed E-state index contributed by atoms with van der Waals surface area (Å²) in [4.78, 5) is 22.5. The van der Waals surface area contributed by atoms with Crippen LogP contribution in [0.15, 0.2) is 36.4 Å². The van der Waals surface area contributed by atoms with Gasteiger partial charge in [0, 0.05) is 5.56 Å². The first kappa shape index (κ1) is 18.3. The molecule has 140 valence electrons. The Balaban J connectivity index is 1.56. The van der Waals surface area contributed by atoms with Crippen molar-refractivity contribution in [1.29, 1.82) is 5.41 Å². The Hall–Kier alpha value is -3.49. The number of rotatable bonds is 7. The molecule has 0 unspecified atom stereocenters. The Labute approximate surface area is 155 Å². The third-order valence-electron chi connectivity index (χ3n) is 4.25. The molecule has 0 saturated carbocycles. The van der Waals surface area contributed by atoms with Crippen molar-refractivity contribution in [3.05, 3.63) is 42.1 Å². The number of hydrogen-bond donors (Lipinski definition) is 4. The minimum Gasteiger partial charge on any atom is -0.491 e. The number of aliphatic carboxylic acids is 1. The molecule has 5 N–H and O–H groups in total. The van der Waals surface area contributed by atoms with Crippen molar-refractivity contribution in [3.63, 3.8) is 0 Å². The molecule has 1 aromatic carbocycles. The molecule has 1 fully saturated rings. The van der Waals surface area contributed by atoms with Crippen LogP contribution in [-0.2, 0) is 9.59 Å². The molecule has 1 saturated heterocycles. The van der Waals surface area contributed by atoms with E-state index in [0.717, 1.165) is 5.56 Å². The van der Waals surface area contributed by atoms with Gasteiger partial charge in [0.05, 0.1) is 24.1 Å². The van der Waals surface area contributed by atoms with Gasteiger partial charge in [-0.15, -0.1) is 10.2 Å². The monoisotopic (exact) mass is 369 g/mol. The van der Waals surface area contributed by atoms with E-state index in [1.54, 1.807) is 24.3 Å². The van der Waals surface area contributed by atoms with Gasteiger partial charge in [0.1, 0.15) is 23.9 Å². The summed E-state index contributed by atoms with van der Waals surface area (Å²) in [6.45, 7) is 0.272. The molecule has 3 rings (SSSR count). The number of carbonyl (C=O) groups is 2. The van der Waals surface area contributed by atoms with Gasteiger partial charge in [-0.25, -0.2) is 0 Å². The van der Waals surface area contributed by atoms with Gasteiger partial charge in [-0.3, -0.25) is 15.0 Å². The lowest BCUT2D eigenvalue weighted by molar-refractivity contribution is -0.140. The number of ether oxygens (including phenoxy) is 1. The fraction of sp³-hybridized carbons (Fsp3) is 0.278. The number of amides is 1. The van der Waals surface area contributed by atoms with Crippen LogP contribution < -0.4 is 15.8 Å². The van der Waals surface area contributed by atoms with Gasteiger partial charge < -0.3 is 20.9 Å². The molecule has 0 aliphatic carbocycles. The molecular formula is C18H19N5O4. The highest BCUT2D eigenvalue weighted by molar-refractivity contribution is 5.92. The molecule has 1 aliphatic heterocycles. The summed E-state index contributed by atoms with van der Waals surface area (Å²) < 4.78 is 5.69. The van der Waals surface area contributed by atoms with Crippen LogP contribution in [0, 0.1) is 11.3 Å². The second-order valence-electron chi connectivity index (χ2n) is 6.29. The predicted molar refractivity (Wildman–Crippen MR) is 96.3 cm³/mol. The van der Waals surface area contributed by atoms with E-state index in [0.29, 0.717) is 23.6 Å². The largest absolute Gasteiger partial charge is 0.491 e. The number of benzene rings is 1. The van der Waals surface area contributed by atoms with E-state index < -0.39 is 11.9 Å². The van der Waals surface area contributed by atoms with Crippen LogP contribution in [-0.4, -0.2) is 45.7 Å². The van der Waals surface area contributed by atoms with Crippen molar-refractivity contribution in [3.8, 4) is 17.0 Å². The fourth-order valence-corrected chi connectivity index (χ4v) is 2.87. The molecule has 0 bridgehead atoms. The van der Waals surface area contributed by atoms with E-state index in [9.17, 15) is 9.59 Å². The van der Waals surface area contributed by atoms with E-state index in [1.807, 2.05) is 12.1 Å². The maximum Gasteiger partial charge on any atom is 0.304 e. The first-order valence-electron chi connectivity index (χ1n) is 8.36. The van der Waals surface area contributed by atoms with Gasteiger partial charge in [-0.1, -0.05) is 0 Å². The number of carboxylic acids is 1. The molecule has 2 aromatic rings. The lowest BCUT2D eigenvalue weighted by atomic mass is 10.0. The zero-order chi connectivity index (χ0) is 19.4. The second-order valence-corrected chi connectivity index (χ2v) is 6.29. The molecule has 1 amide bonds. The van der Waals surface area contributed by atoms with Gasteiger partial charge in [-0.2, -0.15) is 0 Å². The fourth-order valence-electron chi connectivity index (χ4n) is 2.87. The number of nitrogen functional groups attached to an aromatic ring is 1. The Morgan fingerprint density at radius 3 is 2.59 bits per heavy atom. The van der Waals surface area contributed by atoms with Crippen molar-refractivity contribution in [2.24, 2.45) is 11.7 Å². The van der Waals surface area contributed by atoms with Crippen LogP contribution in [0.3, 0.4) is 0 Å². The zero-order valence-electron chi connectivity index (χ0n) is 14.4. The van der Waals surface area contributed by atoms with Gasteiger partial charge in [0.15, 0.2) is 0 Å². The van der Waals surface area contributed by atoms with E-state index in [4.69, 9.17) is 21.0 Å².